The number of para-hydroxylation sites is 2. The maximum Gasteiger partial charge on any atom is 0.232 e. The Morgan fingerprint density at radius 2 is 1.69 bits per heavy atom. The molecule has 0 aromatic heterocycles. The molecule has 1 unspecified atom stereocenters. The molecular formula is C21H27NO4. The lowest BCUT2D eigenvalue weighted by Gasteiger charge is -2.22. The molecule has 0 radical (unpaired) electrons. The normalized spacial score (nSPS) is 11.8. The second-order valence-electron chi connectivity index (χ2n) is 6.25. The summed E-state index contributed by atoms with van der Waals surface area (Å²) in [6.07, 6.45) is 0. The van der Waals surface area contributed by atoms with Crippen molar-refractivity contribution in [2.24, 2.45) is 5.92 Å². The maximum absolute atomic E-state index is 13.0. The van der Waals surface area contributed by atoms with E-state index in [9.17, 15) is 4.79 Å². The number of ether oxygens (including phenoxy) is 3. The van der Waals surface area contributed by atoms with Gasteiger partial charge in [-0.15, -0.1) is 0 Å². The third-order valence-corrected chi connectivity index (χ3v) is 4.16. The summed E-state index contributed by atoms with van der Waals surface area (Å²) in [5.41, 5.74) is 1.55. The van der Waals surface area contributed by atoms with Crippen molar-refractivity contribution in [3.63, 3.8) is 0 Å². The van der Waals surface area contributed by atoms with Crippen molar-refractivity contribution in [2.75, 3.05) is 26.1 Å². The van der Waals surface area contributed by atoms with Crippen LogP contribution >= 0.6 is 0 Å². The van der Waals surface area contributed by atoms with Crippen molar-refractivity contribution < 1.29 is 19.0 Å². The second-order valence-corrected chi connectivity index (χ2v) is 6.25. The molecule has 5 heteroatoms. The Labute approximate surface area is 155 Å². The molecule has 0 saturated carbocycles. The minimum atomic E-state index is -0.329. The quantitative estimate of drug-likeness (QED) is 0.757. The van der Waals surface area contributed by atoms with Crippen LogP contribution in [0.15, 0.2) is 42.5 Å². The zero-order valence-electron chi connectivity index (χ0n) is 16.0. The highest BCUT2D eigenvalue weighted by atomic mass is 16.5. The van der Waals surface area contributed by atoms with E-state index >= 15 is 0 Å². The van der Waals surface area contributed by atoms with Crippen molar-refractivity contribution in [3.8, 4) is 17.2 Å². The van der Waals surface area contributed by atoms with Gasteiger partial charge in [-0.3, -0.25) is 4.79 Å². The Morgan fingerprint density at radius 1 is 1.00 bits per heavy atom. The monoisotopic (exact) mass is 357 g/mol. The van der Waals surface area contributed by atoms with Crippen LogP contribution in [0.3, 0.4) is 0 Å². The van der Waals surface area contributed by atoms with Crippen LogP contribution in [0.25, 0.3) is 0 Å². The zero-order chi connectivity index (χ0) is 19.1. The van der Waals surface area contributed by atoms with Crippen LogP contribution in [-0.4, -0.2) is 26.7 Å². The molecule has 0 spiro atoms. The van der Waals surface area contributed by atoms with Gasteiger partial charge in [0.15, 0.2) is 11.5 Å². The van der Waals surface area contributed by atoms with Gasteiger partial charge in [-0.05, 0) is 42.7 Å². The number of benzene rings is 2. The van der Waals surface area contributed by atoms with Gasteiger partial charge in [-0.2, -0.15) is 0 Å². The number of hydrogen-bond donors (Lipinski definition) is 1. The highest BCUT2D eigenvalue weighted by Gasteiger charge is 2.26. The number of rotatable bonds is 8. The van der Waals surface area contributed by atoms with Crippen LogP contribution in [0.5, 0.6) is 17.2 Å². The Balaban J connectivity index is 2.31. The smallest absolute Gasteiger partial charge is 0.232 e. The van der Waals surface area contributed by atoms with E-state index < -0.39 is 0 Å². The van der Waals surface area contributed by atoms with Gasteiger partial charge in [0.2, 0.25) is 5.91 Å². The van der Waals surface area contributed by atoms with Crippen LogP contribution in [0, 0.1) is 5.92 Å². The minimum absolute atomic E-state index is 0.0839. The second kappa shape index (κ2) is 9.13. The third-order valence-electron chi connectivity index (χ3n) is 4.16. The first-order valence-electron chi connectivity index (χ1n) is 8.76. The first-order chi connectivity index (χ1) is 12.5. The van der Waals surface area contributed by atoms with Crippen LogP contribution in [0.4, 0.5) is 5.69 Å². The highest BCUT2D eigenvalue weighted by Crippen LogP contribution is 2.34. The molecule has 5 nitrogen and oxygen atoms in total. The van der Waals surface area contributed by atoms with Gasteiger partial charge in [0, 0.05) is 0 Å². The molecule has 0 aliphatic heterocycles. The predicted octanol–water partition coefficient (Wildman–Crippen LogP) is 4.48. The van der Waals surface area contributed by atoms with E-state index in [0.717, 1.165) is 5.56 Å². The molecule has 1 amide bonds. The number of anilines is 1. The van der Waals surface area contributed by atoms with Gasteiger partial charge in [0.05, 0.1) is 32.4 Å². The zero-order valence-corrected chi connectivity index (χ0v) is 16.0. The van der Waals surface area contributed by atoms with Gasteiger partial charge in [-0.25, -0.2) is 0 Å². The van der Waals surface area contributed by atoms with Crippen molar-refractivity contribution in [1.29, 1.82) is 0 Å². The third kappa shape index (κ3) is 4.48. The van der Waals surface area contributed by atoms with Crippen LogP contribution in [-0.2, 0) is 4.79 Å². The van der Waals surface area contributed by atoms with Gasteiger partial charge >= 0.3 is 0 Å². The summed E-state index contributed by atoms with van der Waals surface area (Å²) in [6, 6.07) is 13.0. The number of nitrogens with one attached hydrogen (secondary N) is 1. The lowest BCUT2D eigenvalue weighted by molar-refractivity contribution is -0.118. The molecule has 26 heavy (non-hydrogen) atoms. The van der Waals surface area contributed by atoms with Gasteiger partial charge in [-0.1, -0.05) is 32.0 Å². The Morgan fingerprint density at radius 3 is 2.31 bits per heavy atom. The largest absolute Gasteiger partial charge is 0.493 e. The van der Waals surface area contributed by atoms with Crippen LogP contribution < -0.4 is 19.5 Å². The number of amides is 1. The Kier molecular flexibility index (Phi) is 6.89. The molecule has 1 atom stereocenters. The summed E-state index contributed by atoms with van der Waals surface area (Å²) in [5.74, 6) is 1.61. The molecular weight excluding hydrogens is 330 g/mol. The summed E-state index contributed by atoms with van der Waals surface area (Å²) < 4.78 is 16.3. The summed E-state index contributed by atoms with van der Waals surface area (Å²) in [7, 11) is 3.18. The van der Waals surface area contributed by atoms with Crippen molar-refractivity contribution in [3.05, 3.63) is 48.0 Å². The summed E-state index contributed by atoms with van der Waals surface area (Å²) in [5, 5.41) is 3.01. The number of methoxy groups -OCH3 is 2. The van der Waals surface area contributed by atoms with E-state index in [0.29, 0.717) is 29.5 Å². The average Bonchev–Trinajstić information content (AvgIpc) is 2.63. The molecule has 2 aromatic rings. The molecule has 1 N–H and O–H groups in total. The maximum atomic E-state index is 13.0. The predicted molar refractivity (Wildman–Crippen MR) is 103 cm³/mol. The van der Waals surface area contributed by atoms with E-state index in [2.05, 4.69) is 5.32 Å². The fraction of sp³-hybridized carbons (Fsp3) is 0.381. The summed E-state index contributed by atoms with van der Waals surface area (Å²) in [6.45, 7) is 6.50. The molecule has 2 rings (SSSR count). The summed E-state index contributed by atoms with van der Waals surface area (Å²) in [4.78, 5) is 13.0. The van der Waals surface area contributed by atoms with Crippen molar-refractivity contribution >= 4 is 11.6 Å². The molecule has 0 fully saturated rings. The first-order valence-corrected chi connectivity index (χ1v) is 8.76. The van der Waals surface area contributed by atoms with Crippen molar-refractivity contribution in [1.82, 2.24) is 0 Å². The molecule has 140 valence electrons. The van der Waals surface area contributed by atoms with E-state index in [-0.39, 0.29) is 17.7 Å². The number of carbonyl (C=O) groups is 1. The molecule has 0 aliphatic carbocycles. The molecule has 0 bridgehead atoms. The lowest BCUT2D eigenvalue weighted by Crippen LogP contribution is -2.25. The van der Waals surface area contributed by atoms with E-state index in [1.165, 1.54) is 0 Å². The Hall–Kier alpha value is -2.69. The van der Waals surface area contributed by atoms with E-state index in [1.54, 1.807) is 14.2 Å². The lowest BCUT2D eigenvalue weighted by atomic mass is 9.87. The average molecular weight is 357 g/mol. The molecule has 2 aromatic carbocycles. The highest BCUT2D eigenvalue weighted by molar-refractivity contribution is 5.97. The molecule has 0 aliphatic rings. The fourth-order valence-electron chi connectivity index (χ4n) is 2.95. The topological polar surface area (TPSA) is 56.8 Å². The van der Waals surface area contributed by atoms with Gasteiger partial charge in [0.25, 0.3) is 0 Å². The summed E-state index contributed by atoms with van der Waals surface area (Å²) >= 11 is 0. The molecule has 0 saturated heterocycles. The van der Waals surface area contributed by atoms with Crippen LogP contribution in [0.1, 0.15) is 32.3 Å². The Bertz CT molecular complexity index is 743. The van der Waals surface area contributed by atoms with Crippen LogP contribution in [0.2, 0.25) is 0 Å². The number of carbonyl (C=O) groups excluding carboxylic acids is 1. The fourth-order valence-corrected chi connectivity index (χ4v) is 2.95. The van der Waals surface area contributed by atoms with Gasteiger partial charge < -0.3 is 19.5 Å². The van der Waals surface area contributed by atoms with E-state index in [4.69, 9.17) is 14.2 Å². The number of hydrogen-bond acceptors (Lipinski definition) is 4. The van der Waals surface area contributed by atoms with E-state index in [1.807, 2.05) is 63.2 Å². The van der Waals surface area contributed by atoms with Gasteiger partial charge in [0.1, 0.15) is 5.75 Å². The van der Waals surface area contributed by atoms with Crippen molar-refractivity contribution in [2.45, 2.75) is 26.7 Å². The standard InChI is InChI=1S/C21H27NO4/c1-6-26-17-10-8-7-9-16(17)22-21(23)20(14(2)3)15-11-12-18(24-4)19(13-15)25-5/h7-14,20H,6H2,1-5H3,(H,22,23). The minimum Gasteiger partial charge on any atom is -0.493 e. The SMILES string of the molecule is CCOc1ccccc1NC(=O)C(c1ccc(OC)c(OC)c1)C(C)C. The molecule has 0 heterocycles. The first kappa shape index (κ1) is 19.6.